The molecule has 13 heteroatoms. The molecule has 0 saturated carbocycles. The highest BCUT2D eigenvalue weighted by atomic mass is 19.4. The summed E-state index contributed by atoms with van der Waals surface area (Å²) in [6.45, 7) is 3.25. The highest BCUT2D eigenvalue weighted by Crippen LogP contribution is 2.29. The van der Waals surface area contributed by atoms with Crippen LogP contribution in [0, 0.1) is 0 Å². The van der Waals surface area contributed by atoms with Crippen molar-refractivity contribution in [1.82, 2.24) is 24.6 Å². The predicted octanol–water partition coefficient (Wildman–Crippen LogP) is 4.88. The number of likely N-dealkylation sites (tertiary alicyclic amines) is 1. The second-order valence-electron chi connectivity index (χ2n) is 9.95. The highest BCUT2D eigenvalue weighted by molar-refractivity contribution is 6.11. The first-order valence-electron chi connectivity index (χ1n) is 13.3. The van der Waals surface area contributed by atoms with Crippen molar-refractivity contribution in [3.63, 3.8) is 0 Å². The van der Waals surface area contributed by atoms with Crippen molar-refractivity contribution in [1.29, 1.82) is 0 Å². The van der Waals surface area contributed by atoms with Gasteiger partial charge in [-0.3, -0.25) is 19.5 Å². The fraction of sp³-hybridized carbons (Fsp3) is 0.444. The molecule has 2 aliphatic heterocycles. The van der Waals surface area contributed by atoms with E-state index in [0.29, 0.717) is 25.1 Å². The number of amides is 2. The van der Waals surface area contributed by atoms with Gasteiger partial charge in [-0.2, -0.15) is 18.3 Å². The Morgan fingerprint density at radius 1 is 1.00 bits per heavy atom. The number of alkyl halides is 3. The molecule has 1 unspecified atom stereocenters. The number of nitrogens with one attached hydrogen (secondary N) is 2. The monoisotopic (exact) mass is 557 g/mol. The van der Waals surface area contributed by atoms with Crippen LogP contribution in [-0.2, 0) is 17.5 Å². The molecule has 0 bridgehead atoms. The smallest absolute Gasteiger partial charge is 0.357 e. The van der Waals surface area contributed by atoms with E-state index >= 15 is 0 Å². The fourth-order valence-electron chi connectivity index (χ4n) is 4.82. The number of piperidine rings is 1. The molecule has 2 N–H and O–H groups in total. The number of aromatic nitrogens is 4. The van der Waals surface area contributed by atoms with Gasteiger partial charge in [0.1, 0.15) is 11.9 Å². The largest absolute Gasteiger partial charge is 0.433 e. The Morgan fingerprint density at radius 2 is 1.82 bits per heavy atom. The van der Waals surface area contributed by atoms with E-state index in [4.69, 9.17) is 4.74 Å². The molecule has 40 heavy (non-hydrogen) atoms. The van der Waals surface area contributed by atoms with E-state index < -0.39 is 29.9 Å². The molecule has 2 saturated heterocycles. The standard InChI is InChI=1S/C27H30F3N7O3/c28-27(29,30)22-8-7-20(15-32-22)33-26(39)24-21(17-37(35-24)23-6-2-5-11-40-23)34-25(38)19-12-18(13-31-14-19)16-36-9-3-1-4-10-36/h7-8,12-15,17,23H,1-6,9-11,16H2,(H,33,39)(H,34,38). The first kappa shape index (κ1) is 27.7. The van der Waals surface area contributed by atoms with E-state index in [1.165, 1.54) is 23.5 Å². The van der Waals surface area contributed by atoms with E-state index in [-0.39, 0.29) is 17.1 Å². The Bertz CT molecular complexity index is 1330. The molecule has 10 nitrogen and oxygen atoms in total. The summed E-state index contributed by atoms with van der Waals surface area (Å²) < 4.78 is 45.8. The molecule has 212 valence electrons. The Morgan fingerprint density at radius 3 is 2.52 bits per heavy atom. The lowest BCUT2D eigenvalue weighted by Crippen LogP contribution is -2.29. The normalized spacial score (nSPS) is 18.3. The zero-order chi connectivity index (χ0) is 28.1. The van der Waals surface area contributed by atoms with Gasteiger partial charge in [-0.25, -0.2) is 9.67 Å². The van der Waals surface area contributed by atoms with Crippen LogP contribution in [0.2, 0.25) is 0 Å². The summed E-state index contributed by atoms with van der Waals surface area (Å²) >= 11 is 0. The maximum atomic E-state index is 13.2. The van der Waals surface area contributed by atoms with E-state index in [0.717, 1.165) is 62.7 Å². The molecule has 0 spiro atoms. The lowest BCUT2D eigenvalue weighted by molar-refractivity contribution is -0.141. The zero-order valence-electron chi connectivity index (χ0n) is 21.8. The summed E-state index contributed by atoms with van der Waals surface area (Å²) in [4.78, 5) is 36.3. The summed E-state index contributed by atoms with van der Waals surface area (Å²) in [7, 11) is 0. The van der Waals surface area contributed by atoms with E-state index in [1.807, 2.05) is 0 Å². The van der Waals surface area contributed by atoms with Crippen molar-refractivity contribution in [3.05, 3.63) is 65.5 Å². The minimum atomic E-state index is -4.60. The molecule has 0 aliphatic carbocycles. The molecule has 5 heterocycles. The molecule has 2 aliphatic rings. The molecular weight excluding hydrogens is 527 g/mol. The van der Waals surface area contributed by atoms with Gasteiger partial charge in [0, 0.05) is 25.5 Å². The summed E-state index contributed by atoms with van der Waals surface area (Å²) in [5.74, 6) is -1.19. The molecule has 0 aromatic carbocycles. The molecule has 5 rings (SSSR count). The summed E-state index contributed by atoms with van der Waals surface area (Å²) in [5, 5.41) is 9.63. The average Bonchev–Trinajstić information content (AvgIpc) is 3.38. The lowest BCUT2D eigenvalue weighted by atomic mass is 10.1. The van der Waals surface area contributed by atoms with Gasteiger partial charge in [0.2, 0.25) is 0 Å². The first-order chi connectivity index (χ1) is 19.3. The first-order valence-corrected chi connectivity index (χ1v) is 13.3. The minimum Gasteiger partial charge on any atom is -0.357 e. The highest BCUT2D eigenvalue weighted by Gasteiger charge is 2.32. The SMILES string of the molecule is O=C(Nc1cn(C2CCCCO2)nc1C(=O)Nc1ccc(C(F)(F)F)nc1)c1cncc(CN2CCCCC2)c1. The second-order valence-corrected chi connectivity index (χ2v) is 9.95. The maximum Gasteiger partial charge on any atom is 0.433 e. The fourth-order valence-corrected chi connectivity index (χ4v) is 4.82. The number of rotatable bonds is 7. The Labute approximate surface area is 228 Å². The van der Waals surface area contributed by atoms with Crippen LogP contribution in [0.15, 0.2) is 43.0 Å². The lowest BCUT2D eigenvalue weighted by Gasteiger charge is -2.26. The maximum absolute atomic E-state index is 13.2. The number of hydrogen-bond donors (Lipinski definition) is 2. The van der Waals surface area contributed by atoms with Gasteiger partial charge in [-0.1, -0.05) is 6.42 Å². The van der Waals surface area contributed by atoms with Crippen molar-refractivity contribution in [2.24, 2.45) is 0 Å². The number of hydrogen-bond acceptors (Lipinski definition) is 7. The number of halogens is 3. The molecular formula is C27H30F3N7O3. The van der Waals surface area contributed by atoms with Gasteiger partial charge < -0.3 is 15.4 Å². The molecule has 2 fully saturated rings. The molecule has 3 aromatic heterocycles. The third-order valence-electron chi connectivity index (χ3n) is 6.87. The number of carbonyl (C=O) groups excluding carboxylic acids is 2. The predicted molar refractivity (Wildman–Crippen MR) is 140 cm³/mol. The number of ether oxygens (including phenoxy) is 1. The van der Waals surface area contributed by atoms with Crippen molar-refractivity contribution in [2.45, 2.75) is 57.5 Å². The van der Waals surface area contributed by atoms with E-state index in [1.54, 1.807) is 12.3 Å². The Kier molecular flexibility index (Phi) is 8.40. The van der Waals surface area contributed by atoms with E-state index in [2.05, 4.69) is 30.6 Å². The van der Waals surface area contributed by atoms with Gasteiger partial charge in [0.15, 0.2) is 5.69 Å². The van der Waals surface area contributed by atoms with Crippen LogP contribution in [0.4, 0.5) is 24.5 Å². The van der Waals surface area contributed by atoms with E-state index in [9.17, 15) is 22.8 Å². The number of anilines is 2. The molecule has 3 aromatic rings. The summed E-state index contributed by atoms with van der Waals surface area (Å²) in [6.07, 6.45) is 6.66. The zero-order valence-corrected chi connectivity index (χ0v) is 21.8. The Balaban J connectivity index is 1.35. The molecule has 2 amide bonds. The summed E-state index contributed by atoms with van der Waals surface area (Å²) in [6, 6.07) is 3.66. The molecule has 0 radical (unpaired) electrons. The second kappa shape index (κ2) is 12.1. The van der Waals surface area contributed by atoms with Crippen LogP contribution >= 0.6 is 0 Å². The van der Waals surface area contributed by atoms with Gasteiger partial charge in [0.05, 0.1) is 29.3 Å². The van der Waals surface area contributed by atoms with Gasteiger partial charge >= 0.3 is 6.18 Å². The van der Waals surface area contributed by atoms with Crippen LogP contribution < -0.4 is 10.6 Å². The summed E-state index contributed by atoms with van der Waals surface area (Å²) in [5.41, 5.74) is 0.239. The minimum absolute atomic E-state index is 0.0494. The van der Waals surface area contributed by atoms with Crippen molar-refractivity contribution in [3.8, 4) is 0 Å². The number of carbonyl (C=O) groups is 2. The van der Waals surface area contributed by atoms with Crippen LogP contribution in [0.3, 0.4) is 0 Å². The average molecular weight is 558 g/mol. The van der Waals surface area contributed by atoms with Crippen molar-refractivity contribution < 1.29 is 27.5 Å². The van der Waals surface area contributed by atoms with Crippen LogP contribution in [0.25, 0.3) is 0 Å². The Hall–Kier alpha value is -3.84. The molecule has 1 atom stereocenters. The third-order valence-corrected chi connectivity index (χ3v) is 6.87. The van der Waals surface area contributed by atoms with Gasteiger partial charge in [0.25, 0.3) is 11.8 Å². The van der Waals surface area contributed by atoms with Crippen LogP contribution in [0.1, 0.15) is 76.9 Å². The van der Waals surface area contributed by atoms with Crippen molar-refractivity contribution in [2.75, 3.05) is 30.3 Å². The third kappa shape index (κ3) is 6.83. The van der Waals surface area contributed by atoms with Gasteiger partial charge in [-0.15, -0.1) is 0 Å². The number of nitrogens with zero attached hydrogens (tertiary/aromatic N) is 5. The van der Waals surface area contributed by atoms with Crippen LogP contribution in [0.5, 0.6) is 0 Å². The quantitative estimate of drug-likeness (QED) is 0.426. The number of pyridine rings is 2. The topological polar surface area (TPSA) is 114 Å². The van der Waals surface area contributed by atoms with Crippen molar-refractivity contribution >= 4 is 23.2 Å². The van der Waals surface area contributed by atoms with Gasteiger partial charge in [-0.05, 0) is 69.0 Å². The van der Waals surface area contributed by atoms with Crippen LogP contribution in [-0.4, -0.2) is 56.2 Å².